The summed E-state index contributed by atoms with van der Waals surface area (Å²) in [6.07, 6.45) is 3.18. The minimum Gasteiger partial charge on any atom is -0.484 e. The van der Waals surface area contributed by atoms with E-state index in [4.69, 9.17) is 9.47 Å². The molecule has 0 saturated heterocycles. The summed E-state index contributed by atoms with van der Waals surface area (Å²) in [5.41, 5.74) is 5.03. The Bertz CT molecular complexity index is 542. The van der Waals surface area contributed by atoms with E-state index in [1.54, 1.807) is 31.2 Å². The molecule has 0 aliphatic rings. The number of esters is 1. The van der Waals surface area contributed by atoms with E-state index in [0.29, 0.717) is 24.3 Å². The van der Waals surface area contributed by atoms with Gasteiger partial charge in [0.1, 0.15) is 5.75 Å². The lowest BCUT2D eigenvalue weighted by atomic mass is 10.2. The third-order valence-electron chi connectivity index (χ3n) is 3.08. The smallest absolute Gasteiger partial charge is 0.338 e. The number of ether oxygens (including phenoxy) is 2. The summed E-state index contributed by atoms with van der Waals surface area (Å²) >= 11 is 0. The van der Waals surface area contributed by atoms with Gasteiger partial charge in [-0.15, -0.1) is 0 Å². The number of carbonyl (C=O) groups excluding carboxylic acids is 3. The predicted octanol–water partition coefficient (Wildman–Crippen LogP) is 1.97. The number of unbranched alkanes of at least 4 members (excludes halogenated alkanes) is 2. The molecule has 0 atom stereocenters. The quantitative estimate of drug-likeness (QED) is 0.408. The number of rotatable bonds is 9. The summed E-state index contributed by atoms with van der Waals surface area (Å²) in [5.74, 6) is -0.663. The molecule has 132 valence electrons. The Hall–Kier alpha value is -2.57. The van der Waals surface area contributed by atoms with Crippen LogP contribution < -0.4 is 15.6 Å². The van der Waals surface area contributed by atoms with Crippen LogP contribution in [0.5, 0.6) is 5.75 Å². The molecule has 24 heavy (non-hydrogen) atoms. The fourth-order valence-corrected chi connectivity index (χ4v) is 1.82. The van der Waals surface area contributed by atoms with Crippen molar-refractivity contribution in [3.63, 3.8) is 0 Å². The largest absolute Gasteiger partial charge is 0.484 e. The maximum atomic E-state index is 11.6. The van der Waals surface area contributed by atoms with Crippen LogP contribution in [-0.2, 0) is 14.3 Å². The Balaban J connectivity index is 2.29. The minimum absolute atomic E-state index is 0.226. The lowest BCUT2D eigenvalue weighted by Gasteiger charge is -2.09. The van der Waals surface area contributed by atoms with Crippen molar-refractivity contribution in [2.45, 2.75) is 39.5 Å². The normalized spacial score (nSPS) is 9.92. The molecule has 0 bridgehead atoms. The highest BCUT2D eigenvalue weighted by Crippen LogP contribution is 2.12. The van der Waals surface area contributed by atoms with Crippen LogP contribution in [0.15, 0.2) is 24.3 Å². The SMILES string of the molecule is CCCCCC(=O)NNC(=O)COc1ccc(C(=O)OCC)cc1. The van der Waals surface area contributed by atoms with Crippen molar-refractivity contribution in [3.05, 3.63) is 29.8 Å². The second kappa shape index (κ2) is 11.0. The van der Waals surface area contributed by atoms with Crippen molar-refractivity contribution >= 4 is 17.8 Å². The number of hydrogen-bond donors (Lipinski definition) is 2. The summed E-state index contributed by atoms with van der Waals surface area (Å²) in [6.45, 7) is 3.85. The van der Waals surface area contributed by atoms with Gasteiger partial charge in [0.2, 0.25) is 5.91 Å². The second-order valence-corrected chi connectivity index (χ2v) is 5.09. The number of nitrogens with one attached hydrogen (secondary N) is 2. The first-order valence-electron chi connectivity index (χ1n) is 8.04. The van der Waals surface area contributed by atoms with Gasteiger partial charge in [-0.1, -0.05) is 19.8 Å². The van der Waals surface area contributed by atoms with Gasteiger partial charge in [0.15, 0.2) is 6.61 Å². The van der Waals surface area contributed by atoms with Crippen LogP contribution in [0.3, 0.4) is 0 Å². The van der Waals surface area contributed by atoms with Crippen LogP contribution >= 0.6 is 0 Å². The molecule has 1 rings (SSSR count). The number of hydrogen-bond acceptors (Lipinski definition) is 5. The molecular weight excluding hydrogens is 312 g/mol. The molecule has 2 N–H and O–H groups in total. The fraction of sp³-hybridized carbons (Fsp3) is 0.471. The van der Waals surface area contributed by atoms with E-state index in [-0.39, 0.29) is 12.5 Å². The van der Waals surface area contributed by atoms with E-state index < -0.39 is 11.9 Å². The first kappa shape index (κ1) is 19.5. The molecule has 7 nitrogen and oxygen atoms in total. The first-order valence-corrected chi connectivity index (χ1v) is 8.04. The molecule has 7 heteroatoms. The van der Waals surface area contributed by atoms with Gasteiger partial charge in [0.05, 0.1) is 12.2 Å². The molecule has 1 aromatic rings. The monoisotopic (exact) mass is 336 g/mol. The molecule has 0 fully saturated rings. The van der Waals surface area contributed by atoms with Crippen molar-refractivity contribution in [1.82, 2.24) is 10.9 Å². The molecule has 0 heterocycles. The van der Waals surface area contributed by atoms with E-state index in [2.05, 4.69) is 17.8 Å². The van der Waals surface area contributed by atoms with Crippen molar-refractivity contribution in [3.8, 4) is 5.75 Å². The summed E-state index contributed by atoms with van der Waals surface area (Å²) in [4.78, 5) is 34.5. The van der Waals surface area contributed by atoms with Crippen molar-refractivity contribution in [2.75, 3.05) is 13.2 Å². The maximum absolute atomic E-state index is 11.6. The van der Waals surface area contributed by atoms with Gasteiger partial charge in [-0.25, -0.2) is 4.79 Å². The maximum Gasteiger partial charge on any atom is 0.338 e. The number of carbonyl (C=O) groups is 3. The zero-order valence-corrected chi connectivity index (χ0v) is 14.1. The zero-order chi connectivity index (χ0) is 17.8. The highest BCUT2D eigenvalue weighted by Gasteiger charge is 2.08. The molecule has 0 saturated carbocycles. The lowest BCUT2D eigenvalue weighted by Crippen LogP contribution is -2.43. The number of hydrazine groups is 1. The molecule has 0 aromatic heterocycles. The van der Waals surface area contributed by atoms with Gasteiger partial charge >= 0.3 is 5.97 Å². The second-order valence-electron chi connectivity index (χ2n) is 5.09. The Labute approximate surface area is 141 Å². The average molecular weight is 336 g/mol. The Morgan fingerprint density at radius 1 is 0.958 bits per heavy atom. The van der Waals surface area contributed by atoms with E-state index in [0.717, 1.165) is 19.3 Å². The van der Waals surface area contributed by atoms with Gasteiger partial charge in [0.25, 0.3) is 5.91 Å². The van der Waals surface area contributed by atoms with E-state index in [1.165, 1.54) is 0 Å². The molecule has 0 aliphatic heterocycles. The summed E-state index contributed by atoms with van der Waals surface area (Å²) in [7, 11) is 0. The van der Waals surface area contributed by atoms with Crippen LogP contribution in [0.4, 0.5) is 0 Å². The van der Waals surface area contributed by atoms with Gasteiger partial charge in [-0.3, -0.25) is 20.4 Å². The fourth-order valence-electron chi connectivity index (χ4n) is 1.82. The summed E-state index contributed by atoms with van der Waals surface area (Å²) in [6, 6.07) is 6.26. The predicted molar refractivity (Wildman–Crippen MR) is 88.3 cm³/mol. The molecule has 0 spiro atoms. The van der Waals surface area contributed by atoms with Crippen LogP contribution in [0.25, 0.3) is 0 Å². The summed E-state index contributed by atoms with van der Waals surface area (Å²) < 4.78 is 10.1. The first-order chi connectivity index (χ1) is 11.6. The Morgan fingerprint density at radius 2 is 1.62 bits per heavy atom. The number of amides is 2. The standard InChI is InChI=1S/C17H24N2O5/c1-3-5-6-7-15(20)18-19-16(21)12-24-14-10-8-13(9-11-14)17(22)23-4-2/h8-11H,3-7,12H2,1-2H3,(H,18,20)(H,19,21). The van der Waals surface area contributed by atoms with Gasteiger partial charge in [-0.2, -0.15) is 0 Å². The van der Waals surface area contributed by atoms with Crippen LogP contribution in [0.1, 0.15) is 49.9 Å². The molecule has 0 aliphatic carbocycles. The van der Waals surface area contributed by atoms with Crippen molar-refractivity contribution in [1.29, 1.82) is 0 Å². The van der Waals surface area contributed by atoms with Crippen molar-refractivity contribution < 1.29 is 23.9 Å². The van der Waals surface area contributed by atoms with Gasteiger partial charge in [-0.05, 0) is 37.6 Å². The Kier molecular flexibility index (Phi) is 8.96. The van der Waals surface area contributed by atoms with Crippen LogP contribution in [0, 0.1) is 0 Å². The van der Waals surface area contributed by atoms with Gasteiger partial charge in [0, 0.05) is 6.42 Å². The molecular formula is C17H24N2O5. The van der Waals surface area contributed by atoms with Crippen molar-refractivity contribution in [2.24, 2.45) is 0 Å². The van der Waals surface area contributed by atoms with Gasteiger partial charge < -0.3 is 9.47 Å². The van der Waals surface area contributed by atoms with E-state index >= 15 is 0 Å². The minimum atomic E-state index is -0.465. The zero-order valence-electron chi connectivity index (χ0n) is 14.1. The average Bonchev–Trinajstić information content (AvgIpc) is 2.59. The molecule has 0 radical (unpaired) electrons. The third kappa shape index (κ3) is 7.62. The highest BCUT2D eigenvalue weighted by atomic mass is 16.5. The third-order valence-corrected chi connectivity index (χ3v) is 3.08. The van der Waals surface area contributed by atoms with E-state index in [1.807, 2.05) is 0 Å². The van der Waals surface area contributed by atoms with Crippen LogP contribution in [-0.4, -0.2) is 31.0 Å². The number of benzene rings is 1. The molecule has 2 amide bonds. The topological polar surface area (TPSA) is 93.7 Å². The Morgan fingerprint density at radius 3 is 2.25 bits per heavy atom. The van der Waals surface area contributed by atoms with E-state index in [9.17, 15) is 14.4 Å². The molecule has 1 aromatic carbocycles. The summed E-state index contributed by atoms with van der Waals surface area (Å²) in [5, 5.41) is 0. The highest BCUT2D eigenvalue weighted by molar-refractivity contribution is 5.89. The lowest BCUT2D eigenvalue weighted by molar-refractivity contribution is -0.130. The van der Waals surface area contributed by atoms with Crippen LogP contribution in [0.2, 0.25) is 0 Å². The molecule has 0 unspecified atom stereocenters.